The van der Waals surface area contributed by atoms with Gasteiger partial charge in [0.05, 0.1) is 11.2 Å². The molecule has 3 rings (SSSR count). The van der Waals surface area contributed by atoms with Crippen molar-refractivity contribution in [2.75, 3.05) is 0 Å². The van der Waals surface area contributed by atoms with Gasteiger partial charge in [-0.15, -0.1) is 0 Å². The maximum absolute atomic E-state index is 11.9. The summed E-state index contributed by atoms with van der Waals surface area (Å²) in [5.74, 6) is -0.0296. The first kappa shape index (κ1) is 20.4. The minimum atomic E-state index is -0.316. The lowest BCUT2D eigenvalue weighted by atomic mass is 9.78. The van der Waals surface area contributed by atoms with Gasteiger partial charge in [0.1, 0.15) is 6.10 Å². The summed E-state index contributed by atoms with van der Waals surface area (Å²) in [5.41, 5.74) is 1.70. The third kappa shape index (κ3) is 5.14. The van der Waals surface area contributed by atoms with E-state index in [-0.39, 0.29) is 30.4 Å². The van der Waals surface area contributed by atoms with Crippen LogP contribution in [-0.4, -0.2) is 30.4 Å². The molecule has 0 radical (unpaired) electrons. The Hall–Kier alpha value is -1.33. The summed E-state index contributed by atoms with van der Waals surface area (Å²) >= 11 is 0. The molecule has 0 aromatic heterocycles. The van der Waals surface area contributed by atoms with E-state index in [2.05, 4.69) is 52.0 Å². The van der Waals surface area contributed by atoms with Crippen LogP contribution < -0.4 is 5.46 Å². The van der Waals surface area contributed by atoms with E-state index in [4.69, 9.17) is 14.0 Å². The quantitative estimate of drug-likeness (QED) is 0.409. The van der Waals surface area contributed by atoms with Crippen molar-refractivity contribution in [1.82, 2.24) is 0 Å². The summed E-state index contributed by atoms with van der Waals surface area (Å²) in [6.45, 7) is 8.27. The Balaban J connectivity index is 1.40. The molecule has 0 unspecified atom stereocenters. The number of esters is 1. The van der Waals surface area contributed by atoms with Crippen molar-refractivity contribution in [2.45, 2.75) is 96.4 Å². The average molecular weight is 372 g/mol. The molecule has 0 atom stereocenters. The molecule has 1 aromatic carbocycles. The Morgan fingerprint density at radius 3 is 2.22 bits per heavy atom. The lowest BCUT2D eigenvalue weighted by Crippen LogP contribution is -2.41. The van der Waals surface area contributed by atoms with E-state index in [0.717, 1.165) is 37.6 Å². The molecule has 5 heteroatoms. The van der Waals surface area contributed by atoms with Crippen molar-refractivity contribution in [3.8, 4) is 0 Å². The van der Waals surface area contributed by atoms with Crippen molar-refractivity contribution in [3.63, 3.8) is 0 Å². The minimum Gasteiger partial charge on any atom is -0.462 e. The van der Waals surface area contributed by atoms with Crippen LogP contribution in [0.1, 0.15) is 78.2 Å². The average Bonchev–Trinajstić information content (AvgIpc) is 3.18. The summed E-state index contributed by atoms with van der Waals surface area (Å²) in [6.07, 6.45) is 8.03. The standard InChI is InChI=1S/C22H33BO4/c1-21(2)22(3,4)27-23(26-21)18-15-13-17(14-16-18)9-5-8-12-20(24)25-19-10-6-7-11-19/h13-16,19H,5-12H2,1-4H3. The molecule has 0 amide bonds. The summed E-state index contributed by atoms with van der Waals surface area (Å²) in [5, 5.41) is 0. The SMILES string of the molecule is CC1(C)OB(c2ccc(CCCCC(=O)OC3CCCC3)cc2)OC1(C)C. The van der Waals surface area contributed by atoms with Gasteiger partial charge >= 0.3 is 13.1 Å². The first-order valence-corrected chi connectivity index (χ1v) is 10.4. The fourth-order valence-electron chi connectivity index (χ4n) is 3.67. The van der Waals surface area contributed by atoms with E-state index >= 15 is 0 Å². The topological polar surface area (TPSA) is 44.8 Å². The highest BCUT2D eigenvalue weighted by Crippen LogP contribution is 2.36. The molecule has 2 fully saturated rings. The van der Waals surface area contributed by atoms with Crippen LogP contribution >= 0.6 is 0 Å². The lowest BCUT2D eigenvalue weighted by Gasteiger charge is -2.32. The van der Waals surface area contributed by atoms with E-state index in [1.807, 2.05) is 0 Å². The van der Waals surface area contributed by atoms with E-state index in [1.54, 1.807) is 0 Å². The van der Waals surface area contributed by atoms with Crippen LogP contribution in [0.5, 0.6) is 0 Å². The zero-order chi connectivity index (χ0) is 19.5. The molecule has 1 aliphatic heterocycles. The number of unbranched alkanes of at least 4 members (excludes halogenated alkanes) is 1. The zero-order valence-corrected chi connectivity index (χ0v) is 17.3. The van der Waals surface area contributed by atoms with Gasteiger partial charge in [0, 0.05) is 6.42 Å². The summed E-state index contributed by atoms with van der Waals surface area (Å²) in [6, 6.07) is 8.45. The number of carbonyl (C=O) groups excluding carboxylic acids is 1. The van der Waals surface area contributed by atoms with E-state index in [0.29, 0.717) is 6.42 Å². The lowest BCUT2D eigenvalue weighted by molar-refractivity contribution is -0.148. The van der Waals surface area contributed by atoms with Gasteiger partial charge in [-0.05, 0) is 83.7 Å². The molecule has 148 valence electrons. The molecule has 0 bridgehead atoms. The van der Waals surface area contributed by atoms with Crippen LogP contribution in [0.3, 0.4) is 0 Å². The fourth-order valence-corrected chi connectivity index (χ4v) is 3.67. The van der Waals surface area contributed by atoms with Gasteiger partial charge in [-0.2, -0.15) is 0 Å². The van der Waals surface area contributed by atoms with Crippen LogP contribution in [0.2, 0.25) is 0 Å². The van der Waals surface area contributed by atoms with E-state index in [1.165, 1.54) is 18.4 Å². The molecule has 2 aliphatic rings. The highest BCUT2D eigenvalue weighted by Gasteiger charge is 2.51. The maximum Gasteiger partial charge on any atom is 0.494 e. The molecule has 0 N–H and O–H groups in total. The Kier molecular flexibility index (Phi) is 6.32. The second kappa shape index (κ2) is 8.36. The second-order valence-corrected chi connectivity index (χ2v) is 8.93. The van der Waals surface area contributed by atoms with Crippen LogP contribution in [0, 0.1) is 0 Å². The Morgan fingerprint density at radius 2 is 1.63 bits per heavy atom. The molecular weight excluding hydrogens is 339 g/mol. The van der Waals surface area contributed by atoms with Crippen LogP contribution in [0.15, 0.2) is 24.3 Å². The highest BCUT2D eigenvalue weighted by atomic mass is 16.7. The van der Waals surface area contributed by atoms with Crippen molar-refractivity contribution in [2.24, 2.45) is 0 Å². The number of hydrogen-bond acceptors (Lipinski definition) is 4. The van der Waals surface area contributed by atoms with Crippen molar-refractivity contribution in [1.29, 1.82) is 0 Å². The third-order valence-electron chi connectivity index (χ3n) is 6.20. The van der Waals surface area contributed by atoms with Crippen molar-refractivity contribution < 1.29 is 18.8 Å². The first-order valence-electron chi connectivity index (χ1n) is 10.4. The maximum atomic E-state index is 11.9. The Labute approximate surface area is 164 Å². The monoisotopic (exact) mass is 372 g/mol. The zero-order valence-electron chi connectivity index (χ0n) is 17.3. The first-order chi connectivity index (χ1) is 12.8. The molecule has 4 nitrogen and oxygen atoms in total. The molecule has 1 heterocycles. The molecule has 1 saturated heterocycles. The third-order valence-corrected chi connectivity index (χ3v) is 6.20. The van der Waals surface area contributed by atoms with Crippen LogP contribution in [0.4, 0.5) is 0 Å². The smallest absolute Gasteiger partial charge is 0.462 e. The van der Waals surface area contributed by atoms with Gasteiger partial charge in [-0.1, -0.05) is 24.3 Å². The van der Waals surface area contributed by atoms with Gasteiger partial charge in [0.2, 0.25) is 0 Å². The predicted molar refractivity (Wildman–Crippen MR) is 108 cm³/mol. The molecular formula is C22H33BO4. The van der Waals surface area contributed by atoms with Crippen molar-refractivity contribution in [3.05, 3.63) is 29.8 Å². The number of benzene rings is 1. The number of ether oxygens (including phenoxy) is 1. The molecule has 1 saturated carbocycles. The van der Waals surface area contributed by atoms with Gasteiger partial charge in [-0.3, -0.25) is 4.79 Å². The Morgan fingerprint density at radius 1 is 1.04 bits per heavy atom. The second-order valence-electron chi connectivity index (χ2n) is 8.93. The number of hydrogen-bond donors (Lipinski definition) is 0. The predicted octanol–water partition coefficient (Wildman–Crippen LogP) is 4.18. The normalized spacial score (nSPS) is 21.6. The Bertz CT molecular complexity index is 616. The largest absolute Gasteiger partial charge is 0.494 e. The van der Waals surface area contributed by atoms with E-state index in [9.17, 15) is 4.79 Å². The van der Waals surface area contributed by atoms with E-state index < -0.39 is 0 Å². The molecule has 1 aliphatic carbocycles. The van der Waals surface area contributed by atoms with Gasteiger partial charge in [0.25, 0.3) is 0 Å². The summed E-state index contributed by atoms with van der Waals surface area (Å²) < 4.78 is 17.7. The fraction of sp³-hybridized carbons (Fsp3) is 0.682. The van der Waals surface area contributed by atoms with Gasteiger partial charge in [-0.25, -0.2) is 0 Å². The van der Waals surface area contributed by atoms with Crippen LogP contribution in [-0.2, 0) is 25.3 Å². The molecule has 0 spiro atoms. The summed E-state index contributed by atoms with van der Waals surface area (Å²) in [4.78, 5) is 11.9. The molecule has 1 aromatic rings. The molecule has 27 heavy (non-hydrogen) atoms. The van der Waals surface area contributed by atoms with Gasteiger partial charge in [0.15, 0.2) is 0 Å². The minimum absolute atomic E-state index is 0.0296. The number of carbonyl (C=O) groups is 1. The van der Waals surface area contributed by atoms with Crippen molar-refractivity contribution >= 4 is 18.6 Å². The highest BCUT2D eigenvalue weighted by molar-refractivity contribution is 6.62. The number of rotatable bonds is 7. The number of aryl methyl sites for hydroxylation is 1. The van der Waals surface area contributed by atoms with Crippen LogP contribution in [0.25, 0.3) is 0 Å². The van der Waals surface area contributed by atoms with Gasteiger partial charge < -0.3 is 14.0 Å². The summed E-state index contributed by atoms with van der Waals surface area (Å²) in [7, 11) is -0.311.